The highest BCUT2D eigenvalue weighted by atomic mass is 35.5. The van der Waals surface area contributed by atoms with E-state index in [0.29, 0.717) is 5.54 Å². The van der Waals surface area contributed by atoms with E-state index in [9.17, 15) is 0 Å². The summed E-state index contributed by atoms with van der Waals surface area (Å²) in [4.78, 5) is 0. The highest BCUT2D eigenvalue weighted by Crippen LogP contribution is 2.44. The van der Waals surface area contributed by atoms with Crippen molar-refractivity contribution in [1.29, 1.82) is 0 Å². The van der Waals surface area contributed by atoms with Gasteiger partial charge < -0.3 is 5.32 Å². The SMILES string of the molecule is CC1CNC2(CC2)C1.Cl. The van der Waals surface area contributed by atoms with Crippen LogP contribution >= 0.6 is 12.4 Å². The lowest BCUT2D eigenvalue weighted by molar-refractivity contribution is 0.576. The summed E-state index contributed by atoms with van der Waals surface area (Å²) in [5.74, 6) is 0.942. The van der Waals surface area contributed by atoms with Gasteiger partial charge in [0.15, 0.2) is 0 Å². The quantitative estimate of drug-likeness (QED) is 0.549. The highest BCUT2D eigenvalue weighted by molar-refractivity contribution is 5.85. The van der Waals surface area contributed by atoms with Crippen molar-refractivity contribution in [2.24, 2.45) is 5.92 Å². The number of hydrogen-bond donors (Lipinski definition) is 1. The van der Waals surface area contributed by atoms with Crippen molar-refractivity contribution in [3.05, 3.63) is 0 Å². The molecule has 0 amide bonds. The molecule has 1 spiro atoms. The second-order valence-corrected chi connectivity index (χ2v) is 3.47. The Morgan fingerprint density at radius 1 is 1.44 bits per heavy atom. The van der Waals surface area contributed by atoms with Gasteiger partial charge in [0.05, 0.1) is 0 Å². The van der Waals surface area contributed by atoms with Crippen molar-refractivity contribution in [3.8, 4) is 0 Å². The molecule has 1 aliphatic carbocycles. The molecular weight excluding hydrogens is 134 g/mol. The van der Waals surface area contributed by atoms with Crippen LogP contribution in [0.4, 0.5) is 0 Å². The molecule has 0 bridgehead atoms. The van der Waals surface area contributed by atoms with Gasteiger partial charge in [-0.2, -0.15) is 0 Å². The molecule has 1 unspecified atom stereocenters. The summed E-state index contributed by atoms with van der Waals surface area (Å²) in [5.41, 5.74) is 0.666. The van der Waals surface area contributed by atoms with E-state index in [4.69, 9.17) is 0 Å². The van der Waals surface area contributed by atoms with Crippen molar-refractivity contribution in [3.63, 3.8) is 0 Å². The molecule has 0 aromatic rings. The predicted octanol–water partition coefficient (Wildman–Crippen LogP) is 1.57. The summed E-state index contributed by atoms with van der Waals surface area (Å²) in [6.45, 7) is 3.60. The number of hydrogen-bond acceptors (Lipinski definition) is 1. The van der Waals surface area contributed by atoms with Gasteiger partial charge in [0.1, 0.15) is 0 Å². The molecule has 1 heterocycles. The molecule has 2 heteroatoms. The lowest BCUT2D eigenvalue weighted by atomic mass is 10.1. The highest BCUT2D eigenvalue weighted by Gasteiger charge is 2.46. The van der Waals surface area contributed by atoms with Gasteiger partial charge in [-0.1, -0.05) is 6.92 Å². The van der Waals surface area contributed by atoms with Gasteiger partial charge in [-0.15, -0.1) is 12.4 Å². The minimum absolute atomic E-state index is 0. The average molecular weight is 148 g/mol. The first-order valence-electron chi connectivity index (χ1n) is 3.56. The van der Waals surface area contributed by atoms with Crippen LogP contribution in [0.5, 0.6) is 0 Å². The predicted molar refractivity (Wildman–Crippen MR) is 41.0 cm³/mol. The summed E-state index contributed by atoms with van der Waals surface area (Å²) < 4.78 is 0. The van der Waals surface area contributed by atoms with Crippen LogP contribution in [0.15, 0.2) is 0 Å². The zero-order valence-electron chi connectivity index (χ0n) is 5.81. The van der Waals surface area contributed by atoms with E-state index in [0.717, 1.165) is 5.92 Å². The summed E-state index contributed by atoms with van der Waals surface area (Å²) in [6.07, 6.45) is 4.32. The monoisotopic (exact) mass is 147 g/mol. The Hall–Kier alpha value is 0.250. The fourth-order valence-corrected chi connectivity index (χ4v) is 1.73. The van der Waals surface area contributed by atoms with Crippen LogP contribution in [0.2, 0.25) is 0 Å². The van der Waals surface area contributed by atoms with Crippen LogP contribution in [-0.2, 0) is 0 Å². The molecule has 2 aliphatic rings. The van der Waals surface area contributed by atoms with Crippen molar-refractivity contribution < 1.29 is 0 Å². The summed E-state index contributed by atoms with van der Waals surface area (Å²) in [7, 11) is 0. The van der Waals surface area contributed by atoms with E-state index >= 15 is 0 Å². The zero-order valence-corrected chi connectivity index (χ0v) is 6.63. The Morgan fingerprint density at radius 2 is 2.11 bits per heavy atom. The third-order valence-corrected chi connectivity index (χ3v) is 2.42. The third kappa shape index (κ3) is 1.22. The van der Waals surface area contributed by atoms with Crippen LogP contribution in [-0.4, -0.2) is 12.1 Å². The number of nitrogens with one attached hydrogen (secondary N) is 1. The first-order chi connectivity index (χ1) is 3.81. The van der Waals surface area contributed by atoms with E-state index in [-0.39, 0.29) is 12.4 Å². The van der Waals surface area contributed by atoms with Gasteiger partial charge in [-0.25, -0.2) is 0 Å². The van der Waals surface area contributed by atoms with Gasteiger partial charge in [-0.05, 0) is 31.7 Å². The minimum Gasteiger partial charge on any atom is -0.311 e. The smallest absolute Gasteiger partial charge is 0.0186 e. The number of halogens is 1. The molecule has 0 aromatic heterocycles. The van der Waals surface area contributed by atoms with Gasteiger partial charge in [0.25, 0.3) is 0 Å². The molecule has 0 aromatic carbocycles. The summed E-state index contributed by atoms with van der Waals surface area (Å²) in [5, 5.41) is 3.56. The van der Waals surface area contributed by atoms with Gasteiger partial charge >= 0.3 is 0 Å². The molecule has 1 nitrogen and oxygen atoms in total. The molecule has 0 radical (unpaired) electrons. The van der Waals surface area contributed by atoms with Crippen molar-refractivity contribution in [1.82, 2.24) is 5.32 Å². The van der Waals surface area contributed by atoms with Crippen LogP contribution in [0.25, 0.3) is 0 Å². The first-order valence-corrected chi connectivity index (χ1v) is 3.56. The summed E-state index contributed by atoms with van der Waals surface area (Å²) >= 11 is 0. The molecular formula is C7H14ClN. The second kappa shape index (κ2) is 2.14. The van der Waals surface area contributed by atoms with Crippen molar-refractivity contribution in [2.75, 3.05) is 6.54 Å². The lowest BCUT2D eigenvalue weighted by Crippen LogP contribution is -2.22. The summed E-state index contributed by atoms with van der Waals surface area (Å²) in [6, 6.07) is 0. The van der Waals surface area contributed by atoms with Crippen molar-refractivity contribution >= 4 is 12.4 Å². The molecule has 1 saturated carbocycles. The average Bonchev–Trinajstić information content (AvgIpc) is 2.34. The molecule has 1 saturated heterocycles. The van der Waals surface area contributed by atoms with E-state index in [2.05, 4.69) is 12.2 Å². The van der Waals surface area contributed by atoms with Crippen LogP contribution in [0.1, 0.15) is 26.2 Å². The van der Waals surface area contributed by atoms with E-state index < -0.39 is 0 Å². The van der Waals surface area contributed by atoms with E-state index in [1.165, 1.54) is 25.8 Å². The lowest BCUT2D eigenvalue weighted by Gasteiger charge is -2.01. The molecule has 9 heavy (non-hydrogen) atoms. The largest absolute Gasteiger partial charge is 0.311 e. The zero-order chi connectivity index (χ0) is 5.61. The fourth-order valence-electron chi connectivity index (χ4n) is 1.73. The third-order valence-electron chi connectivity index (χ3n) is 2.42. The first kappa shape index (κ1) is 7.36. The fraction of sp³-hybridized carbons (Fsp3) is 1.00. The van der Waals surface area contributed by atoms with Crippen molar-refractivity contribution in [2.45, 2.75) is 31.7 Å². The maximum Gasteiger partial charge on any atom is 0.0186 e. The molecule has 1 N–H and O–H groups in total. The Balaban J connectivity index is 0.000000405. The van der Waals surface area contributed by atoms with Crippen LogP contribution in [0.3, 0.4) is 0 Å². The Bertz CT molecular complexity index is 109. The number of rotatable bonds is 0. The topological polar surface area (TPSA) is 12.0 Å². The Kier molecular flexibility index (Phi) is 1.75. The maximum absolute atomic E-state index is 3.56. The van der Waals surface area contributed by atoms with E-state index in [1.807, 2.05) is 0 Å². The van der Waals surface area contributed by atoms with Crippen LogP contribution < -0.4 is 5.32 Å². The van der Waals surface area contributed by atoms with Gasteiger partial charge in [-0.3, -0.25) is 0 Å². The standard InChI is InChI=1S/C7H13N.ClH/c1-6-4-7(2-3-7)8-5-6;/h6,8H,2-5H2,1H3;1H. The van der Waals surface area contributed by atoms with E-state index in [1.54, 1.807) is 0 Å². The van der Waals surface area contributed by atoms with Gasteiger partial charge in [0, 0.05) is 5.54 Å². The minimum atomic E-state index is 0. The van der Waals surface area contributed by atoms with Gasteiger partial charge in [0.2, 0.25) is 0 Å². The molecule has 1 atom stereocenters. The Labute approximate surface area is 62.6 Å². The van der Waals surface area contributed by atoms with Crippen LogP contribution in [0, 0.1) is 5.92 Å². The molecule has 2 fully saturated rings. The molecule has 2 rings (SSSR count). The maximum atomic E-state index is 3.56. The molecule has 54 valence electrons. The Morgan fingerprint density at radius 3 is 2.33 bits per heavy atom. The normalized spacial score (nSPS) is 36.3. The second-order valence-electron chi connectivity index (χ2n) is 3.47. The molecule has 1 aliphatic heterocycles.